The fourth-order valence-corrected chi connectivity index (χ4v) is 2.91. The smallest absolute Gasteiger partial charge is 0.191 e. The van der Waals surface area contributed by atoms with Gasteiger partial charge in [0.25, 0.3) is 0 Å². The summed E-state index contributed by atoms with van der Waals surface area (Å²) in [5, 5.41) is 16.1. The molecule has 0 aliphatic carbocycles. The van der Waals surface area contributed by atoms with Crippen molar-refractivity contribution in [2.75, 3.05) is 13.1 Å². The second-order valence-electron chi connectivity index (χ2n) is 6.29. The molecule has 4 heteroatoms. The van der Waals surface area contributed by atoms with Crippen molar-refractivity contribution in [3.05, 3.63) is 70.3 Å². The number of nitrogens with zero attached hydrogens (tertiary/aromatic N) is 1. The molecule has 0 aliphatic rings. The number of aryl methyl sites for hydroxylation is 2. The van der Waals surface area contributed by atoms with Gasteiger partial charge < -0.3 is 15.7 Å². The molecule has 0 saturated heterocycles. The molecular weight excluding hydrogens is 310 g/mol. The normalized spacial score (nSPS) is 11.4. The van der Waals surface area contributed by atoms with E-state index in [4.69, 9.17) is 0 Å². The topological polar surface area (TPSA) is 56.7 Å². The molecule has 134 valence electrons. The van der Waals surface area contributed by atoms with Crippen LogP contribution in [0.2, 0.25) is 0 Å². The fraction of sp³-hybridized carbons (Fsp3) is 0.381. The molecule has 0 aliphatic heterocycles. The van der Waals surface area contributed by atoms with E-state index in [2.05, 4.69) is 54.6 Å². The Bertz CT molecular complexity index is 690. The van der Waals surface area contributed by atoms with E-state index in [9.17, 15) is 5.11 Å². The molecule has 0 saturated carbocycles. The van der Waals surface area contributed by atoms with E-state index in [0.29, 0.717) is 6.54 Å². The summed E-state index contributed by atoms with van der Waals surface area (Å²) in [6.07, 6.45) is 0.958. The highest BCUT2D eigenvalue weighted by molar-refractivity contribution is 5.79. The van der Waals surface area contributed by atoms with Crippen molar-refractivity contribution in [1.82, 2.24) is 10.6 Å². The van der Waals surface area contributed by atoms with Gasteiger partial charge in [-0.15, -0.1) is 0 Å². The third-order valence-corrected chi connectivity index (χ3v) is 4.03. The van der Waals surface area contributed by atoms with Gasteiger partial charge in [0.05, 0.1) is 13.2 Å². The van der Waals surface area contributed by atoms with Crippen LogP contribution in [0.4, 0.5) is 0 Å². The Hall–Kier alpha value is -2.33. The molecule has 2 aromatic carbocycles. The van der Waals surface area contributed by atoms with Gasteiger partial charge in [-0.3, -0.25) is 0 Å². The lowest BCUT2D eigenvalue weighted by atomic mass is 10.1. The molecule has 4 nitrogen and oxygen atoms in total. The first-order chi connectivity index (χ1) is 12.1. The van der Waals surface area contributed by atoms with Crippen molar-refractivity contribution < 1.29 is 5.11 Å². The largest absolute Gasteiger partial charge is 0.392 e. The molecule has 25 heavy (non-hydrogen) atoms. The predicted octanol–water partition coefficient (Wildman–Crippen LogP) is 3.09. The van der Waals surface area contributed by atoms with E-state index >= 15 is 0 Å². The van der Waals surface area contributed by atoms with Gasteiger partial charge in [0, 0.05) is 13.1 Å². The molecule has 0 amide bonds. The Morgan fingerprint density at radius 3 is 2.32 bits per heavy atom. The van der Waals surface area contributed by atoms with E-state index in [0.717, 1.165) is 36.6 Å². The SMILES string of the molecule is CCNC(=NCc1ccccc1CO)NCCc1cc(C)cc(C)c1. The summed E-state index contributed by atoms with van der Waals surface area (Å²) in [5.74, 6) is 0.805. The van der Waals surface area contributed by atoms with Crippen LogP contribution in [0.1, 0.15) is 34.7 Å². The van der Waals surface area contributed by atoms with Crippen molar-refractivity contribution in [1.29, 1.82) is 0 Å². The highest BCUT2D eigenvalue weighted by atomic mass is 16.3. The van der Waals surface area contributed by atoms with Gasteiger partial charge in [-0.25, -0.2) is 4.99 Å². The number of hydrogen-bond donors (Lipinski definition) is 3. The molecule has 2 aromatic rings. The first kappa shape index (κ1) is 19.0. The van der Waals surface area contributed by atoms with Crippen LogP contribution in [0, 0.1) is 13.8 Å². The second-order valence-corrected chi connectivity index (χ2v) is 6.29. The minimum absolute atomic E-state index is 0.0440. The van der Waals surface area contributed by atoms with Crippen LogP contribution in [0.3, 0.4) is 0 Å². The number of aliphatic hydroxyl groups excluding tert-OH is 1. The molecule has 0 heterocycles. The van der Waals surface area contributed by atoms with Crippen LogP contribution >= 0.6 is 0 Å². The van der Waals surface area contributed by atoms with Gasteiger partial charge in [0.1, 0.15) is 0 Å². The molecule has 0 radical (unpaired) electrons. The molecule has 0 bridgehead atoms. The summed E-state index contributed by atoms with van der Waals surface area (Å²) in [6.45, 7) is 8.57. The van der Waals surface area contributed by atoms with Crippen molar-refractivity contribution in [2.45, 2.75) is 40.3 Å². The van der Waals surface area contributed by atoms with Gasteiger partial charge in [-0.1, -0.05) is 53.6 Å². The Kier molecular flexibility index (Phi) is 7.48. The molecule has 0 unspecified atom stereocenters. The molecule has 0 aromatic heterocycles. The van der Waals surface area contributed by atoms with Gasteiger partial charge in [0.15, 0.2) is 5.96 Å². The van der Waals surface area contributed by atoms with E-state index in [1.165, 1.54) is 16.7 Å². The lowest BCUT2D eigenvalue weighted by molar-refractivity contribution is 0.280. The molecule has 2 rings (SSSR count). The molecule has 3 N–H and O–H groups in total. The number of benzene rings is 2. The number of aliphatic imine (C=N–C) groups is 1. The highest BCUT2D eigenvalue weighted by Crippen LogP contribution is 2.10. The zero-order valence-corrected chi connectivity index (χ0v) is 15.5. The van der Waals surface area contributed by atoms with Crippen LogP contribution in [0.15, 0.2) is 47.5 Å². The van der Waals surface area contributed by atoms with Gasteiger partial charge >= 0.3 is 0 Å². The summed E-state index contributed by atoms with van der Waals surface area (Å²) in [6, 6.07) is 14.5. The minimum Gasteiger partial charge on any atom is -0.392 e. The van der Waals surface area contributed by atoms with Crippen molar-refractivity contribution in [2.24, 2.45) is 4.99 Å². The maximum atomic E-state index is 9.42. The van der Waals surface area contributed by atoms with Crippen LogP contribution in [0.25, 0.3) is 0 Å². The highest BCUT2D eigenvalue weighted by Gasteiger charge is 2.02. The predicted molar refractivity (Wildman–Crippen MR) is 105 cm³/mol. The Morgan fingerprint density at radius 2 is 1.68 bits per heavy atom. The van der Waals surface area contributed by atoms with E-state index in [1.54, 1.807) is 0 Å². The number of rotatable bonds is 7. The zero-order valence-electron chi connectivity index (χ0n) is 15.5. The monoisotopic (exact) mass is 339 g/mol. The molecule has 0 spiro atoms. The number of hydrogen-bond acceptors (Lipinski definition) is 2. The number of nitrogens with one attached hydrogen (secondary N) is 2. The first-order valence-corrected chi connectivity index (χ1v) is 8.89. The van der Waals surface area contributed by atoms with Crippen LogP contribution in [-0.4, -0.2) is 24.2 Å². The quantitative estimate of drug-likeness (QED) is 0.537. The van der Waals surface area contributed by atoms with Gasteiger partial charge in [-0.05, 0) is 43.9 Å². The third kappa shape index (κ3) is 6.24. The van der Waals surface area contributed by atoms with Crippen LogP contribution in [0.5, 0.6) is 0 Å². The lowest BCUT2D eigenvalue weighted by Gasteiger charge is -2.12. The van der Waals surface area contributed by atoms with Gasteiger partial charge in [0.2, 0.25) is 0 Å². The van der Waals surface area contributed by atoms with E-state index in [-0.39, 0.29) is 6.61 Å². The van der Waals surface area contributed by atoms with Crippen molar-refractivity contribution in [3.8, 4) is 0 Å². The molecule has 0 atom stereocenters. The summed E-state index contributed by atoms with van der Waals surface area (Å²) >= 11 is 0. The van der Waals surface area contributed by atoms with E-state index in [1.807, 2.05) is 24.3 Å². The number of aliphatic hydroxyl groups is 1. The Balaban J connectivity index is 1.95. The zero-order chi connectivity index (χ0) is 18.1. The Labute approximate surface area is 151 Å². The Morgan fingerprint density at radius 1 is 1.00 bits per heavy atom. The van der Waals surface area contributed by atoms with Crippen LogP contribution in [-0.2, 0) is 19.6 Å². The number of guanidine groups is 1. The lowest BCUT2D eigenvalue weighted by Crippen LogP contribution is -2.38. The third-order valence-electron chi connectivity index (χ3n) is 4.03. The maximum absolute atomic E-state index is 9.42. The summed E-state index contributed by atoms with van der Waals surface area (Å²) in [4.78, 5) is 4.64. The maximum Gasteiger partial charge on any atom is 0.191 e. The van der Waals surface area contributed by atoms with Crippen molar-refractivity contribution >= 4 is 5.96 Å². The average molecular weight is 339 g/mol. The second kappa shape index (κ2) is 9.84. The average Bonchev–Trinajstić information content (AvgIpc) is 2.59. The van der Waals surface area contributed by atoms with Crippen LogP contribution < -0.4 is 10.6 Å². The summed E-state index contributed by atoms with van der Waals surface area (Å²) in [5.41, 5.74) is 5.92. The molecular formula is C21H29N3O. The van der Waals surface area contributed by atoms with E-state index < -0.39 is 0 Å². The fourth-order valence-electron chi connectivity index (χ4n) is 2.91. The minimum atomic E-state index is 0.0440. The molecule has 0 fully saturated rings. The van der Waals surface area contributed by atoms with Gasteiger partial charge in [-0.2, -0.15) is 0 Å². The summed E-state index contributed by atoms with van der Waals surface area (Å²) in [7, 11) is 0. The standard InChI is InChI=1S/C21H29N3O/c1-4-22-21(24-14-19-7-5-6-8-20(19)15-25)23-10-9-18-12-16(2)11-17(3)13-18/h5-8,11-13,25H,4,9-10,14-15H2,1-3H3,(H2,22,23,24). The first-order valence-electron chi connectivity index (χ1n) is 8.89. The summed E-state index contributed by atoms with van der Waals surface area (Å²) < 4.78 is 0. The van der Waals surface area contributed by atoms with Crippen molar-refractivity contribution in [3.63, 3.8) is 0 Å².